The Labute approximate surface area is 140 Å². The Bertz CT molecular complexity index is 689. The second-order valence-electron chi connectivity index (χ2n) is 5.21. The number of aromatic nitrogens is 3. The van der Waals surface area contributed by atoms with Crippen LogP contribution in [0.1, 0.15) is 31.1 Å². The van der Waals surface area contributed by atoms with Crippen LogP contribution in [-0.2, 0) is 4.74 Å². The van der Waals surface area contributed by atoms with E-state index in [1.807, 2.05) is 20.8 Å². The van der Waals surface area contributed by atoms with Crippen molar-refractivity contribution in [2.24, 2.45) is 0 Å². The van der Waals surface area contributed by atoms with Gasteiger partial charge in [0.15, 0.2) is 0 Å². The first-order valence-corrected chi connectivity index (χ1v) is 7.64. The van der Waals surface area contributed by atoms with Crippen LogP contribution < -0.4 is 15.4 Å². The molecule has 0 aliphatic rings. The summed E-state index contributed by atoms with van der Waals surface area (Å²) in [4.78, 5) is 24.2. The van der Waals surface area contributed by atoms with Crippen LogP contribution >= 0.6 is 0 Å². The van der Waals surface area contributed by atoms with Crippen molar-refractivity contribution in [1.29, 1.82) is 0 Å². The molecule has 0 saturated heterocycles. The van der Waals surface area contributed by atoms with Gasteiger partial charge in [-0.25, -0.2) is 4.79 Å². The first-order chi connectivity index (χ1) is 11.5. The first kappa shape index (κ1) is 17.5. The highest BCUT2D eigenvalue weighted by Gasteiger charge is 2.10. The van der Waals surface area contributed by atoms with Crippen LogP contribution in [0.25, 0.3) is 0 Å². The molecule has 2 aromatic rings. The Morgan fingerprint density at radius 3 is 2.38 bits per heavy atom. The molecule has 24 heavy (non-hydrogen) atoms. The molecule has 0 radical (unpaired) electrons. The van der Waals surface area contributed by atoms with Crippen LogP contribution in [0.3, 0.4) is 0 Å². The Morgan fingerprint density at radius 1 is 1.12 bits per heavy atom. The average molecular weight is 331 g/mol. The molecule has 1 aromatic carbocycles. The zero-order valence-electron chi connectivity index (χ0n) is 14.2. The Kier molecular flexibility index (Phi) is 5.89. The fourth-order valence-corrected chi connectivity index (χ4v) is 1.84. The van der Waals surface area contributed by atoms with E-state index in [9.17, 15) is 4.79 Å². The van der Waals surface area contributed by atoms with Gasteiger partial charge in [0.2, 0.25) is 11.9 Å². The molecule has 0 spiro atoms. The highest BCUT2D eigenvalue weighted by Crippen LogP contribution is 2.21. The van der Waals surface area contributed by atoms with E-state index >= 15 is 0 Å². The highest BCUT2D eigenvalue weighted by molar-refractivity contribution is 5.89. The van der Waals surface area contributed by atoms with E-state index in [-0.39, 0.29) is 12.1 Å². The van der Waals surface area contributed by atoms with Gasteiger partial charge in [-0.05, 0) is 45.0 Å². The van der Waals surface area contributed by atoms with E-state index < -0.39 is 5.97 Å². The second-order valence-corrected chi connectivity index (χ2v) is 5.21. The van der Waals surface area contributed by atoms with Gasteiger partial charge in [-0.2, -0.15) is 15.0 Å². The van der Waals surface area contributed by atoms with Crippen LogP contribution in [-0.4, -0.2) is 40.6 Å². The predicted molar refractivity (Wildman–Crippen MR) is 90.6 cm³/mol. The van der Waals surface area contributed by atoms with E-state index in [2.05, 4.69) is 30.3 Å². The molecule has 0 aliphatic heterocycles. The summed E-state index contributed by atoms with van der Waals surface area (Å²) in [6.45, 7) is 6.61. The molecule has 0 aliphatic carbocycles. The number of carbonyl (C=O) groups is 1. The fourth-order valence-electron chi connectivity index (χ4n) is 1.84. The van der Waals surface area contributed by atoms with E-state index in [0.29, 0.717) is 29.8 Å². The first-order valence-electron chi connectivity index (χ1n) is 7.64. The third kappa shape index (κ3) is 4.80. The van der Waals surface area contributed by atoms with Crippen LogP contribution in [0, 0.1) is 0 Å². The van der Waals surface area contributed by atoms with Crippen molar-refractivity contribution in [2.45, 2.75) is 26.8 Å². The van der Waals surface area contributed by atoms with Gasteiger partial charge in [0.25, 0.3) is 0 Å². The van der Waals surface area contributed by atoms with Crippen molar-refractivity contribution in [3.8, 4) is 11.8 Å². The third-order valence-electron chi connectivity index (χ3n) is 2.85. The standard InChI is InChI=1S/C16H21N5O3/c1-5-17-14-19-15(18-10(2)3)21-16(20-14)24-12-8-6-11(7-9-12)13(22)23-4/h6-10H,5H2,1-4H3,(H2,17,18,19,20,21). The van der Waals surface area contributed by atoms with Gasteiger partial charge < -0.3 is 20.1 Å². The topological polar surface area (TPSA) is 98.3 Å². The molecule has 8 nitrogen and oxygen atoms in total. The van der Waals surface area contributed by atoms with Gasteiger partial charge in [-0.3, -0.25) is 0 Å². The Hall–Kier alpha value is -2.90. The zero-order valence-corrected chi connectivity index (χ0v) is 14.2. The molecule has 128 valence electrons. The Balaban J connectivity index is 2.21. The minimum absolute atomic E-state index is 0.162. The lowest BCUT2D eigenvalue weighted by atomic mass is 10.2. The number of rotatable bonds is 7. The largest absolute Gasteiger partial charge is 0.465 e. The molecule has 8 heteroatoms. The maximum atomic E-state index is 11.4. The molecule has 0 bridgehead atoms. The molecule has 0 amide bonds. The summed E-state index contributed by atoms with van der Waals surface area (Å²) < 4.78 is 10.3. The lowest BCUT2D eigenvalue weighted by Gasteiger charge is -2.11. The van der Waals surface area contributed by atoms with Crippen molar-refractivity contribution in [3.05, 3.63) is 29.8 Å². The summed E-state index contributed by atoms with van der Waals surface area (Å²) in [5.41, 5.74) is 0.441. The number of nitrogens with zero attached hydrogens (tertiary/aromatic N) is 3. The van der Waals surface area contributed by atoms with Gasteiger partial charge >= 0.3 is 12.0 Å². The van der Waals surface area contributed by atoms with Crippen molar-refractivity contribution < 1.29 is 14.3 Å². The number of methoxy groups -OCH3 is 1. The maximum absolute atomic E-state index is 11.4. The lowest BCUT2D eigenvalue weighted by Crippen LogP contribution is -2.15. The molecule has 2 N–H and O–H groups in total. The van der Waals surface area contributed by atoms with Crippen LogP contribution in [0.4, 0.5) is 11.9 Å². The number of nitrogens with one attached hydrogen (secondary N) is 2. The number of ether oxygens (including phenoxy) is 2. The smallest absolute Gasteiger partial charge is 0.337 e. The van der Waals surface area contributed by atoms with Crippen molar-refractivity contribution in [1.82, 2.24) is 15.0 Å². The predicted octanol–water partition coefficient (Wildman–Crippen LogP) is 2.70. The number of esters is 1. The summed E-state index contributed by atoms with van der Waals surface area (Å²) in [5.74, 6) is 0.959. The van der Waals surface area contributed by atoms with E-state index in [1.165, 1.54) is 7.11 Å². The summed E-state index contributed by atoms with van der Waals surface area (Å²) in [6.07, 6.45) is 0. The molecule has 1 heterocycles. The molecular weight excluding hydrogens is 310 g/mol. The summed E-state index contributed by atoms with van der Waals surface area (Å²) >= 11 is 0. The SMILES string of the molecule is CCNc1nc(NC(C)C)nc(Oc2ccc(C(=O)OC)cc2)n1. The number of carbonyl (C=O) groups excluding carboxylic acids is 1. The Morgan fingerprint density at radius 2 is 1.79 bits per heavy atom. The monoisotopic (exact) mass is 331 g/mol. The maximum Gasteiger partial charge on any atom is 0.337 e. The van der Waals surface area contributed by atoms with Crippen LogP contribution in [0.2, 0.25) is 0 Å². The van der Waals surface area contributed by atoms with Crippen molar-refractivity contribution in [3.63, 3.8) is 0 Å². The third-order valence-corrected chi connectivity index (χ3v) is 2.85. The molecule has 0 fully saturated rings. The van der Waals surface area contributed by atoms with E-state index in [4.69, 9.17) is 4.74 Å². The summed E-state index contributed by atoms with van der Waals surface area (Å²) in [6, 6.07) is 6.86. The second kappa shape index (κ2) is 8.09. The quantitative estimate of drug-likeness (QED) is 0.747. The lowest BCUT2D eigenvalue weighted by molar-refractivity contribution is 0.0600. The molecule has 2 rings (SSSR count). The number of hydrogen-bond donors (Lipinski definition) is 2. The van der Waals surface area contributed by atoms with E-state index in [1.54, 1.807) is 24.3 Å². The molecule has 0 unspecified atom stereocenters. The highest BCUT2D eigenvalue weighted by atomic mass is 16.5. The normalized spacial score (nSPS) is 10.4. The van der Waals surface area contributed by atoms with Gasteiger partial charge in [0.1, 0.15) is 5.75 Å². The molecular formula is C16H21N5O3. The molecule has 0 atom stereocenters. The summed E-state index contributed by atoms with van der Waals surface area (Å²) in [7, 11) is 1.34. The molecule has 0 saturated carbocycles. The fraction of sp³-hybridized carbons (Fsp3) is 0.375. The number of anilines is 2. The minimum Gasteiger partial charge on any atom is -0.465 e. The van der Waals surface area contributed by atoms with Gasteiger partial charge in [-0.1, -0.05) is 0 Å². The van der Waals surface area contributed by atoms with Crippen molar-refractivity contribution >= 4 is 17.9 Å². The van der Waals surface area contributed by atoms with Crippen LogP contribution in [0.5, 0.6) is 11.8 Å². The average Bonchev–Trinajstić information content (AvgIpc) is 2.54. The van der Waals surface area contributed by atoms with Crippen molar-refractivity contribution in [2.75, 3.05) is 24.3 Å². The number of hydrogen-bond acceptors (Lipinski definition) is 8. The van der Waals surface area contributed by atoms with Gasteiger partial charge in [0.05, 0.1) is 12.7 Å². The minimum atomic E-state index is -0.403. The van der Waals surface area contributed by atoms with Gasteiger partial charge in [-0.15, -0.1) is 0 Å². The zero-order chi connectivity index (χ0) is 17.5. The molecule has 1 aromatic heterocycles. The van der Waals surface area contributed by atoms with Gasteiger partial charge in [0, 0.05) is 12.6 Å². The van der Waals surface area contributed by atoms with Crippen LogP contribution in [0.15, 0.2) is 24.3 Å². The number of benzene rings is 1. The summed E-state index contributed by atoms with van der Waals surface area (Å²) in [5, 5.41) is 6.15. The van der Waals surface area contributed by atoms with E-state index in [0.717, 1.165) is 0 Å².